The minimum atomic E-state index is 0. The van der Waals surface area contributed by atoms with Gasteiger partial charge in [-0.15, -0.1) is 0 Å². The summed E-state index contributed by atoms with van der Waals surface area (Å²) in [4.78, 5) is 0. The standard InChI is InChI=1S/3CHN.Au.Li.H/c3*1-2;;;/h3*1H;;;. The molecule has 0 spiro atoms. The van der Waals surface area contributed by atoms with Crippen LogP contribution in [0.3, 0.4) is 0 Å². The molecule has 43 valence electrons. The first-order valence-corrected chi connectivity index (χ1v) is 0.775. The van der Waals surface area contributed by atoms with E-state index < -0.39 is 0 Å². The Morgan fingerprint density at radius 2 is 0.625 bits per heavy atom. The van der Waals surface area contributed by atoms with Gasteiger partial charge in [-0.3, -0.25) is 0 Å². The minimum absolute atomic E-state index is 0. The van der Waals surface area contributed by atoms with E-state index in [1.165, 1.54) is 0 Å². The van der Waals surface area contributed by atoms with Crippen molar-refractivity contribution in [2.45, 2.75) is 0 Å². The van der Waals surface area contributed by atoms with E-state index in [1.54, 1.807) is 0 Å². The SMILES string of the molecule is C#N.C#N.C#N.[Au].[LiH]. The summed E-state index contributed by atoms with van der Waals surface area (Å²) in [5, 5.41) is 19.5. The fourth-order valence-corrected chi connectivity index (χ4v) is 0. The van der Waals surface area contributed by atoms with Crippen LogP contribution in [0.2, 0.25) is 0 Å². The molecule has 0 N–H and O–H groups in total. The van der Waals surface area contributed by atoms with Gasteiger partial charge in [0.25, 0.3) is 0 Å². The number of hydrogen-bond donors (Lipinski definition) is 0. The molecule has 0 aromatic carbocycles. The molecule has 1 radical (unpaired) electrons. The zero-order chi connectivity index (χ0) is 6.00. The van der Waals surface area contributed by atoms with Gasteiger partial charge in [-0.05, 0) is 0 Å². The summed E-state index contributed by atoms with van der Waals surface area (Å²) in [5.74, 6) is 0. The number of hydrogen-bond acceptors (Lipinski definition) is 3. The predicted octanol–water partition coefficient (Wildman–Crippen LogP) is -0.232. The Balaban J connectivity index is -0.00000000500. The molecular formula is C3H4AuLiN3. The molecule has 0 unspecified atom stereocenters. The molecule has 8 heavy (non-hydrogen) atoms. The Labute approximate surface area is 76.6 Å². The average Bonchev–Trinajstić information content (AvgIpc) is 1.81. The van der Waals surface area contributed by atoms with Gasteiger partial charge < -0.3 is 0 Å². The quantitative estimate of drug-likeness (QED) is 0.577. The second-order valence-electron chi connectivity index (χ2n) is 0. The van der Waals surface area contributed by atoms with Crippen LogP contribution in [0.4, 0.5) is 0 Å². The van der Waals surface area contributed by atoms with Crippen LogP contribution in [0.5, 0.6) is 0 Å². The fraction of sp³-hybridized carbons (Fsp3) is 0. The molecule has 5 heteroatoms. The summed E-state index contributed by atoms with van der Waals surface area (Å²) in [6, 6.07) is 0. The van der Waals surface area contributed by atoms with E-state index in [0.717, 1.165) is 0 Å². The third kappa shape index (κ3) is 3630. The molecule has 0 aliphatic rings. The number of rotatable bonds is 0. The van der Waals surface area contributed by atoms with Gasteiger partial charge in [-0.25, -0.2) is 15.8 Å². The van der Waals surface area contributed by atoms with Crippen LogP contribution in [0.25, 0.3) is 0 Å². The molecule has 0 bridgehead atoms. The van der Waals surface area contributed by atoms with Gasteiger partial charge in [0.15, 0.2) is 0 Å². The first-order valence-electron chi connectivity index (χ1n) is 0.775. The molecule has 0 saturated heterocycles. The predicted molar refractivity (Wildman–Crippen MR) is 27.2 cm³/mol. The van der Waals surface area contributed by atoms with E-state index in [4.69, 9.17) is 15.8 Å². The average molecular weight is 286 g/mol. The van der Waals surface area contributed by atoms with E-state index in [-0.39, 0.29) is 41.2 Å². The Bertz CT molecular complexity index is 43.0. The number of nitriles is 3. The first-order chi connectivity index (χ1) is 3.00. The molecule has 3 nitrogen and oxygen atoms in total. The van der Waals surface area contributed by atoms with Crippen molar-refractivity contribution in [3.8, 4) is 19.7 Å². The van der Waals surface area contributed by atoms with Gasteiger partial charge in [-0.1, -0.05) is 0 Å². The van der Waals surface area contributed by atoms with Crippen LogP contribution < -0.4 is 0 Å². The topological polar surface area (TPSA) is 71.4 Å². The Morgan fingerprint density at radius 3 is 0.625 bits per heavy atom. The van der Waals surface area contributed by atoms with E-state index in [0.29, 0.717) is 0 Å². The maximum absolute atomic E-state index is 6.50. The molecule has 0 aliphatic heterocycles. The van der Waals surface area contributed by atoms with E-state index in [1.807, 2.05) is 0 Å². The Kier molecular flexibility index (Phi) is 35600. The third-order valence-corrected chi connectivity index (χ3v) is 0. The number of nitrogens with zero attached hydrogens (tertiary/aromatic N) is 3. The summed E-state index contributed by atoms with van der Waals surface area (Å²) >= 11 is 0. The van der Waals surface area contributed by atoms with Gasteiger partial charge in [0.1, 0.15) is 0 Å². The first kappa shape index (κ1) is 45.9. The van der Waals surface area contributed by atoms with Crippen LogP contribution >= 0.6 is 0 Å². The maximum atomic E-state index is 6.50. The van der Waals surface area contributed by atoms with E-state index in [2.05, 4.69) is 19.7 Å². The molecule has 0 atom stereocenters. The third-order valence-electron chi connectivity index (χ3n) is 0. The van der Waals surface area contributed by atoms with Crippen molar-refractivity contribution < 1.29 is 22.4 Å². The molecule has 0 saturated carbocycles. The van der Waals surface area contributed by atoms with Crippen molar-refractivity contribution >= 4 is 18.9 Å². The van der Waals surface area contributed by atoms with Crippen molar-refractivity contribution in [3.63, 3.8) is 0 Å². The van der Waals surface area contributed by atoms with Crippen LogP contribution in [0.15, 0.2) is 0 Å². The molecule has 0 fully saturated rings. The molecule has 0 heterocycles. The summed E-state index contributed by atoms with van der Waals surface area (Å²) in [6.07, 6.45) is 0. The Morgan fingerprint density at radius 1 is 0.625 bits per heavy atom. The van der Waals surface area contributed by atoms with Crippen LogP contribution in [-0.4, -0.2) is 18.9 Å². The summed E-state index contributed by atoms with van der Waals surface area (Å²) in [6.45, 7) is 10.5. The fourth-order valence-electron chi connectivity index (χ4n) is 0. The molecule has 0 rings (SSSR count). The van der Waals surface area contributed by atoms with E-state index in [9.17, 15) is 0 Å². The molecule has 0 amide bonds. The monoisotopic (exact) mass is 286 g/mol. The van der Waals surface area contributed by atoms with E-state index >= 15 is 0 Å². The summed E-state index contributed by atoms with van der Waals surface area (Å²) in [7, 11) is 0. The second-order valence-corrected chi connectivity index (χ2v) is 0. The van der Waals surface area contributed by atoms with Gasteiger partial charge in [0, 0.05) is 42.1 Å². The van der Waals surface area contributed by atoms with Crippen molar-refractivity contribution in [1.29, 1.82) is 15.8 Å². The Hall–Kier alpha value is -0.192. The zero-order valence-electron chi connectivity index (χ0n) is 3.38. The molecule has 0 aromatic rings. The van der Waals surface area contributed by atoms with Crippen molar-refractivity contribution in [2.75, 3.05) is 0 Å². The van der Waals surface area contributed by atoms with Gasteiger partial charge in [-0.2, -0.15) is 0 Å². The van der Waals surface area contributed by atoms with Crippen LogP contribution in [0.1, 0.15) is 0 Å². The van der Waals surface area contributed by atoms with Crippen molar-refractivity contribution in [3.05, 3.63) is 0 Å². The molecule has 0 aliphatic carbocycles. The van der Waals surface area contributed by atoms with Gasteiger partial charge >= 0.3 is 18.9 Å². The van der Waals surface area contributed by atoms with Crippen LogP contribution in [-0.2, 0) is 22.4 Å². The summed E-state index contributed by atoms with van der Waals surface area (Å²) in [5.41, 5.74) is 0. The normalized spacial score (nSPS) is 0.750. The van der Waals surface area contributed by atoms with Gasteiger partial charge in [0.05, 0.1) is 0 Å². The zero-order valence-corrected chi connectivity index (χ0v) is 5.54. The second kappa shape index (κ2) is 6210. The summed E-state index contributed by atoms with van der Waals surface area (Å²) < 4.78 is 0. The van der Waals surface area contributed by atoms with Crippen molar-refractivity contribution in [2.24, 2.45) is 0 Å². The molecular weight excluding hydrogens is 282 g/mol. The molecule has 0 aromatic heterocycles. The van der Waals surface area contributed by atoms with Crippen molar-refractivity contribution in [1.82, 2.24) is 0 Å². The van der Waals surface area contributed by atoms with Crippen LogP contribution in [0, 0.1) is 35.5 Å². The van der Waals surface area contributed by atoms with Gasteiger partial charge in [0.2, 0.25) is 0 Å².